The second-order valence-corrected chi connectivity index (χ2v) is 5.70. The van der Waals surface area contributed by atoms with Gasteiger partial charge >= 0.3 is 0 Å². The number of nitrogens with one attached hydrogen (secondary N) is 1. The Morgan fingerprint density at radius 3 is 2.88 bits per heavy atom. The Morgan fingerprint density at radius 2 is 2.12 bits per heavy atom. The Morgan fingerprint density at radius 1 is 1.31 bits per heavy atom. The number of anilines is 1. The van der Waals surface area contributed by atoms with Crippen LogP contribution in [0, 0.1) is 5.41 Å². The van der Waals surface area contributed by atoms with Crippen LogP contribution in [0.15, 0.2) is 18.2 Å². The fourth-order valence-electron chi connectivity index (χ4n) is 1.83. The number of hydrogen-bond donors (Lipinski definition) is 1. The van der Waals surface area contributed by atoms with E-state index in [1.807, 2.05) is 0 Å². The van der Waals surface area contributed by atoms with Gasteiger partial charge in [0.25, 0.3) is 0 Å². The molecule has 0 saturated heterocycles. The summed E-state index contributed by atoms with van der Waals surface area (Å²) in [5.41, 5.74) is 2.87. The maximum atomic E-state index is 5.80. The highest BCUT2D eigenvalue weighted by molar-refractivity contribution is 5.56. The van der Waals surface area contributed by atoms with Gasteiger partial charge in [0, 0.05) is 18.3 Å². The van der Waals surface area contributed by atoms with Crippen LogP contribution >= 0.6 is 0 Å². The minimum atomic E-state index is 0.212. The third-order valence-electron chi connectivity index (χ3n) is 2.69. The van der Waals surface area contributed by atoms with Gasteiger partial charge < -0.3 is 10.1 Å². The molecule has 0 atom stereocenters. The van der Waals surface area contributed by atoms with Crippen LogP contribution in [0.5, 0.6) is 5.75 Å². The van der Waals surface area contributed by atoms with Gasteiger partial charge in [-0.05, 0) is 29.9 Å². The third kappa shape index (κ3) is 2.91. The van der Waals surface area contributed by atoms with Crippen LogP contribution in [0.25, 0.3) is 0 Å². The normalized spacial score (nSPS) is 15.2. The number of benzene rings is 1. The maximum absolute atomic E-state index is 5.80. The van der Waals surface area contributed by atoms with Crippen LogP contribution in [0.4, 0.5) is 5.69 Å². The van der Waals surface area contributed by atoms with Gasteiger partial charge in [0.1, 0.15) is 5.75 Å². The van der Waals surface area contributed by atoms with Crippen molar-refractivity contribution in [1.82, 2.24) is 0 Å². The molecule has 0 fully saturated rings. The van der Waals surface area contributed by atoms with E-state index >= 15 is 0 Å². The number of aryl methyl sites for hydroxylation is 1. The van der Waals surface area contributed by atoms with Crippen LogP contribution in [0.2, 0.25) is 0 Å². The summed E-state index contributed by atoms with van der Waals surface area (Å²) in [7, 11) is 0. The first kappa shape index (κ1) is 11.3. The monoisotopic (exact) mass is 219 g/mol. The lowest BCUT2D eigenvalue weighted by Gasteiger charge is -2.21. The second-order valence-electron chi connectivity index (χ2n) is 5.70. The summed E-state index contributed by atoms with van der Waals surface area (Å²) in [6, 6.07) is 6.39. The smallest absolute Gasteiger partial charge is 0.121 e. The summed E-state index contributed by atoms with van der Waals surface area (Å²) in [4.78, 5) is 0. The molecule has 1 aliphatic heterocycles. The minimum Gasteiger partial charge on any atom is -0.493 e. The highest BCUT2D eigenvalue weighted by Crippen LogP contribution is 2.27. The standard InChI is InChI=1S/C14H21NO/c1-14(2,3)10-16-12-7-6-11-5-4-8-15-13(11)9-12/h6-7,9,15H,4-5,8,10H2,1-3H3. The molecule has 0 radical (unpaired) electrons. The first-order valence-electron chi connectivity index (χ1n) is 6.04. The third-order valence-corrected chi connectivity index (χ3v) is 2.69. The van der Waals surface area contributed by atoms with Crippen LogP contribution in [0.1, 0.15) is 32.8 Å². The van der Waals surface area contributed by atoms with E-state index in [4.69, 9.17) is 4.74 Å². The second kappa shape index (κ2) is 4.36. The predicted octanol–water partition coefficient (Wildman–Crippen LogP) is 3.47. The van der Waals surface area contributed by atoms with Crippen LogP contribution in [-0.2, 0) is 6.42 Å². The topological polar surface area (TPSA) is 21.3 Å². The highest BCUT2D eigenvalue weighted by atomic mass is 16.5. The fourth-order valence-corrected chi connectivity index (χ4v) is 1.83. The van der Waals surface area contributed by atoms with Crippen LogP contribution < -0.4 is 10.1 Å². The van der Waals surface area contributed by atoms with Gasteiger partial charge in [-0.3, -0.25) is 0 Å². The average Bonchev–Trinajstić information content (AvgIpc) is 2.25. The lowest BCUT2D eigenvalue weighted by Crippen LogP contribution is -2.17. The van der Waals surface area contributed by atoms with E-state index in [1.165, 1.54) is 24.1 Å². The molecule has 0 bridgehead atoms. The number of hydrogen-bond acceptors (Lipinski definition) is 2. The molecule has 0 saturated carbocycles. The zero-order valence-electron chi connectivity index (χ0n) is 10.5. The summed E-state index contributed by atoms with van der Waals surface area (Å²) in [6.07, 6.45) is 2.41. The van der Waals surface area contributed by atoms with Crippen molar-refractivity contribution in [1.29, 1.82) is 0 Å². The zero-order chi connectivity index (χ0) is 11.6. The summed E-state index contributed by atoms with van der Waals surface area (Å²) in [6.45, 7) is 8.39. The molecule has 2 nitrogen and oxygen atoms in total. The average molecular weight is 219 g/mol. The first-order valence-corrected chi connectivity index (χ1v) is 6.04. The Bertz CT molecular complexity index is 365. The van der Waals surface area contributed by atoms with Crippen molar-refractivity contribution >= 4 is 5.69 Å². The molecule has 1 heterocycles. The van der Waals surface area contributed by atoms with Crippen LogP contribution in [0.3, 0.4) is 0 Å². The first-order chi connectivity index (χ1) is 7.54. The van der Waals surface area contributed by atoms with Gasteiger partial charge in [0.15, 0.2) is 0 Å². The van der Waals surface area contributed by atoms with Gasteiger partial charge in [-0.15, -0.1) is 0 Å². The van der Waals surface area contributed by atoms with E-state index in [0.717, 1.165) is 18.9 Å². The molecule has 0 amide bonds. The lowest BCUT2D eigenvalue weighted by molar-refractivity contribution is 0.198. The molecule has 2 heteroatoms. The summed E-state index contributed by atoms with van der Waals surface area (Å²) >= 11 is 0. The maximum Gasteiger partial charge on any atom is 0.121 e. The molecule has 0 spiro atoms. The molecule has 16 heavy (non-hydrogen) atoms. The molecule has 0 aliphatic carbocycles. The summed E-state index contributed by atoms with van der Waals surface area (Å²) in [5.74, 6) is 0.975. The fraction of sp³-hybridized carbons (Fsp3) is 0.571. The molecule has 1 aromatic rings. The van der Waals surface area contributed by atoms with Gasteiger partial charge in [0.05, 0.1) is 6.61 Å². The number of ether oxygens (including phenoxy) is 1. The van der Waals surface area contributed by atoms with Crippen molar-refractivity contribution in [3.8, 4) is 5.75 Å². The van der Waals surface area contributed by atoms with Gasteiger partial charge in [0.2, 0.25) is 0 Å². The van der Waals surface area contributed by atoms with E-state index in [-0.39, 0.29) is 5.41 Å². The van der Waals surface area contributed by atoms with Crippen molar-refractivity contribution in [2.45, 2.75) is 33.6 Å². The van der Waals surface area contributed by atoms with E-state index in [9.17, 15) is 0 Å². The lowest BCUT2D eigenvalue weighted by atomic mass is 9.98. The Labute approximate surface area is 98.0 Å². The Hall–Kier alpha value is -1.18. The van der Waals surface area contributed by atoms with Crippen molar-refractivity contribution in [2.75, 3.05) is 18.5 Å². The Balaban J connectivity index is 2.06. The van der Waals surface area contributed by atoms with Crippen LogP contribution in [-0.4, -0.2) is 13.2 Å². The van der Waals surface area contributed by atoms with Crippen molar-refractivity contribution < 1.29 is 4.74 Å². The number of rotatable bonds is 2. The molecule has 1 aromatic carbocycles. The molecule has 1 N–H and O–H groups in total. The van der Waals surface area contributed by atoms with E-state index in [2.05, 4.69) is 44.3 Å². The van der Waals surface area contributed by atoms with Crippen molar-refractivity contribution in [2.24, 2.45) is 5.41 Å². The van der Waals surface area contributed by atoms with Gasteiger partial charge in [-0.1, -0.05) is 26.8 Å². The molecule has 0 unspecified atom stereocenters. The summed E-state index contributed by atoms with van der Waals surface area (Å²) in [5, 5.41) is 3.42. The SMILES string of the molecule is CC(C)(C)COc1ccc2c(c1)NCCC2. The summed E-state index contributed by atoms with van der Waals surface area (Å²) < 4.78 is 5.80. The molecule has 2 rings (SSSR count). The van der Waals surface area contributed by atoms with E-state index in [1.54, 1.807) is 0 Å². The predicted molar refractivity (Wildman–Crippen MR) is 68.2 cm³/mol. The van der Waals surface area contributed by atoms with Gasteiger partial charge in [-0.2, -0.15) is 0 Å². The molecule has 0 aromatic heterocycles. The molecular formula is C14H21NO. The molecule has 1 aliphatic rings. The zero-order valence-corrected chi connectivity index (χ0v) is 10.5. The molecular weight excluding hydrogens is 198 g/mol. The van der Waals surface area contributed by atoms with Crippen molar-refractivity contribution in [3.63, 3.8) is 0 Å². The minimum absolute atomic E-state index is 0.212. The van der Waals surface area contributed by atoms with Crippen molar-refractivity contribution in [3.05, 3.63) is 23.8 Å². The van der Waals surface area contributed by atoms with E-state index < -0.39 is 0 Å². The highest BCUT2D eigenvalue weighted by Gasteiger charge is 2.13. The largest absolute Gasteiger partial charge is 0.493 e. The number of fused-ring (bicyclic) bond motifs is 1. The quantitative estimate of drug-likeness (QED) is 0.822. The molecule has 88 valence electrons. The van der Waals surface area contributed by atoms with Gasteiger partial charge in [-0.25, -0.2) is 0 Å². The Kier molecular flexibility index (Phi) is 3.08. The van der Waals surface area contributed by atoms with E-state index in [0.29, 0.717) is 0 Å².